The molecule has 0 saturated carbocycles. The van der Waals surface area contributed by atoms with Crippen molar-refractivity contribution in [3.8, 4) is 0 Å². The molecule has 0 radical (unpaired) electrons. The molecule has 0 aromatic carbocycles. The van der Waals surface area contributed by atoms with Gasteiger partial charge in [-0.05, 0) is 6.92 Å². The molecular weight excluding hydrogens is 290 g/mol. The number of allylic oxidation sites excluding steroid dienone is 1. The van der Waals surface area contributed by atoms with Crippen LogP contribution >= 0.6 is 23.4 Å². The van der Waals surface area contributed by atoms with Crippen molar-refractivity contribution in [1.82, 2.24) is 5.32 Å². The smallest absolute Gasteiger partial charge is 0.310 e. The third-order valence-electron chi connectivity index (χ3n) is 2.02. The molecule has 5 nitrogen and oxygen atoms in total. The Morgan fingerprint density at radius 1 is 1.68 bits per heavy atom. The Labute approximate surface area is 122 Å². The van der Waals surface area contributed by atoms with Gasteiger partial charge in [-0.15, -0.1) is 0 Å². The number of thioether (sulfide) groups is 1. The first kappa shape index (κ1) is 16.2. The monoisotopic (exact) mass is 307 g/mol. The van der Waals surface area contributed by atoms with Gasteiger partial charge in [0.1, 0.15) is 0 Å². The van der Waals surface area contributed by atoms with Crippen LogP contribution in [0.4, 0.5) is 0 Å². The molecule has 19 heavy (non-hydrogen) atoms. The maximum absolute atomic E-state index is 11.5. The maximum atomic E-state index is 11.5. The molecule has 1 unspecified atom stereocenters. The van der Waals surface area contributed by atoms with Gasteiger partial charge in [0, 0.05) is 30.5 Å². The van der Waals surface area contributed by atoms with Gasteiger partial charge in [-0.2, -0.15) is 0 Å². The van der Waals surface area contributed by atoms with Crippen molar-refractivity contribution in [3.05, 3.63) is 22.9 Å². The van der Waals surface area contributed by atoms with Gasteiger partial charge in [-0.25, -0.2) is 0 Å². The van der Waals surface area contributed by atoms with E-state index in [1.54, 1.807) is 13.1 Å². The summed E-state index contributed by atoms with van der Waals surface area (Å²) in [5, 5.41) is 12.5. The molecule has 0 saturated heterocycles. The summed E-state index contributed by atoms with van der Waals surface area (Å²) in [4.78, 5) is 12.1. The van der Waals surface area contributed by atoms with Gasteiger partial charge >= 0.3 is 5.97 Å². The zero-order valence-electron chi connectivity index (χ0n) is 11.1. The molecule has 0 amide bonds. The van der Waals surface area contributed by atoms with E-state index in [-0.39, 0.29) is 17.2 Å². The van der Waals surface area contributed by atoms with Crippen LogP contribution in [0.25, 0.3) is 0 Å². The Balaban J connectivity index is 2.76. The van der Waals surface area contributed by atoms with Gasteiger partial charge < -0.3 is 19.9 Å². The molecule has 0 aromatic heterocycles. The standard InChI is InChI=1S/C12H18ClNO4S/c1-4-17-10(15)5-8(7-18-12(2,3)16)9-6-14-11(13)19-9/h6-7,11,14,16H,4-5H2,1-3H3/b8-7-. The lowest BCUT2D eigenvalue weighted by Gasteiger charge is -2.18. The number of ether oxygens (including phenoxy) is 2. The van der Waals surface area contributed by atoms with Gasteiger partial charge in [0.15, 0.2) is 4.83 Å². The first-order chi connectivity index (χ1) is 8.81. The van der Waals surface area contributed by atoms with Crippen LogP contribution in [0.1, 0.15) is 27.2 Å². The van der Waals surface area contributed by atoms with Crippen molar-refractivity contribution in [2.45, 2.75) is 37.8 Å². The summed E-state index contributed by atoms with van der Waals surface area (Å²) in [5.74, 6) is -1.66. The first-order valence-corrected chi connectivity index (χ1v) is 7.15. The highest BCUT2D eigenvalue weighted by atomic mass is 35.5. The van der Waals surface area contributed by atoms with Crippen LogP contribution in [0, 0.1) is 0 Å². The Morgan fingerprint density at radius 2 is 2.37 bits per heavy atom. The third kappa shape index (κ3) is 6.22. The Bertz CT molecular complexity index is 390. The summed E-state index contributed by atoms with van der Waals surface area (Å²) < 4.78 is 10.1. The number of alkyl halides is 1. The Hall–Kier alpha value is -0.850. The number of rotatable bonds is 6. The van der Waals surface area contributed by atoms with Gasteiger partial charge in [-0.3, -0.25) is 4.79 Å². The van der Waals surface area contributed by atoms with Crippen LogP contribution in [0.3, 0.4) is 0 Å². The van der Waals surface area contributed by atoms with E-state index in [2.05, 4.69) is 5.32 Å². The summed E-state index contributed by atoms with van der Waals surface area (Å²) >= 11 is 7.27. The van der Waals surface area contributed by atoms with Crippen LogP contribution in [0.2, 0.25) is 0 Å². The molecule has 1 aliphatic rings. The maximum Gasteiger partial charge on any atom is 0.310 e. The number of hydrogen-bond donors (Lipinski definition) is 2. The number of halogens is 1. The zero-order chi connectivity index (χ0) is 14.5. The van der Waals surface area contributed by atoms with Crippen molar-refractivity contribution in [1.29, 1.82) is 0 Å². The average molecular weight is 308 g/mol. The molecule has 1 rings (SSSR count). The lowest BCUT2D eigenvalue weighted by molar-refractivity contribution is -0.143. The molecule has 0 bridgehead atoms. The van der Waals surface area contributed by atoms with E-state index in [9.17, 15) is 9.90 Å². The Morgan fingerprint density at radius 3 is 2.84 bits per heavy atom. The molecule has 1 aliphatic heterocycles. The number of aliphatic hydroxyl groups is 1. The molecule has 2 N–H and O–H groups in total. The average Bonchev–Trinajstić information content (AvgIpc) is 2.70. The fourth-order valence-electron chi connectivity index (χ4n) is 1.26. The van der Waals surface area contributed by atoms with E-state index < -0.39 is 5.79 Å². The largest absolute Gasteiger partial charge is 0.470 e. The van der Waals surface area contributed by atoms with Gasteiger partial charge in [-0.1, -0.05) is 23.4 Å². The van der Waals surface area contributed by atoms with Gasteiger partial charge in [0.25, 0.3) is 0 Å². The summed E-state index contributed by atoms with van der Waals surface area (Å²) in [6.07, 6.45) is 3.14. The van der Waals surface area contributed by atoms with Gasteiger partial charge in [0.2, 0.25) is 5.79 Å². The van der Waals surface area contributed by atoms with Gasteiger partial charge in [0.05, 0.1) is 19.3 Å². The number of esters is 1. The minimum Gasteiger partial charge on any atom is -0.470 e. The zero-order valence-corrected chi connectivity index (χ0v) is 12.7. The number of carbonyl (C=O) groups excluding carboxylic acids is 1. The van der Waals surface area contributed by atoms with Crippen LogP contribution in [-0.2, 0) is 14.3 Å². The van der Waals surface area contributed by atoms with E-state index in [1.807, 2.05) is 0 Å². The predicted molar refractivity (Wildman–Crippen MR) is 75.2 cm³/mol. The van der Waals surface area contributed by atoms with Crippen molar-refractivity contribution in [2.24, 2.45) is 0 Å². The molecule has 1 atom stereocenters. The van der Waals surface area contributed by atoms with E-state index >= 15 is 0 Å². The molecule has 0 fully saturated rings. The van der Waals surface area contributed by atoms with Crippen LogP contribution in [0.5, 0.6) is 0 Å². The van der Waals surface area contributed by atoms with Crippen molar-refractivity contribution < 1.29 is 19.4 Å². The van der Waals surface area contributed by atoms with E-state index in [0.29, 0.717) is 12.2 Å². The quantitative estimate of drug-likeness (QED) is 0.258. The highest BCUT2D eigenvalue weighted by Gasteiger charge is 2.21. The molecule has 7 heteroatoms. The van der Waals surface area contributed by atoms with E-state index in [4.69, 9.17) is 21.1 Å². The second-order valence-electron chi connectivity index (χ2n) is 4.30. The summed E-state index contributed by atoms with van der Waals surface area (Å²) in [6, 6.07) is 0. The van der Waals surface area contributed by atoms with Crippen molar-refractivity contribution in [3.63, 3.8) is 0 Å². The van der Waals surface area contributed by atoms with Crippen molar-refractivity contribution >= 4 is 29.3 Å². The predicted octanol–water partition coefficient (Wildman–Crippen LogP) is 2.27. The third-order valence-corrected chi connectivity index (χ3v) is 3.39. The Kier molecular flexibility index (Phi) is 6.03. The second-order valence-corrected chi connectivity index (χ2v) is 6.14. The second kappa shape index (κ2) is 7.07. The van der Waals surface area contributed by atoms with E-state index in [0.717, 1.165) is 4.91 Å². The number of hydrogen-bond acceptors (Lipinski definition) is 6. The SMILES string of the molecule is CCOC(=O)C/C(=C/OC(C)(C)O)C1=CNC(Cl)S1. The first-order valence-electron chi connectivity index (χ1n) is 5.84. The molecular formula is C12H18ClNO4S. The fourth-order valence-corrected chi connectivity index (χ4v) is 2.38. The molecule has 0 spiro atoms. The highest BCUT2D eigenvalue weighted by Crippen LogP contribution is 2.35. The molecule has 108 valence electrons. The van der Waals surface area contributed by atoms with E-state index in [1.165, 1.54) is 31.9 Å². The fraction of sp³-hybridized carbons (Fsp3) is 0.583. The highest BCUT2D eigenvalue weighted by molar-refractivity contribution is 8.05. The molecule has 1 heterocycles. The summed E-state index contributed by atoms with van der Waals surface area (Å²) in [5.41, 5.74) is 0.612. The van der Waals surface area contributed by atoms with Crippen LogP contribution in [0.15, 0.2) is 22.9 Å². The normalized spacial score (nSPS) is 19.7. The minimum absolute atomic E-state index is 0.0635. The number of nitrogens with one attached hydrogen (secondary N) is 1. The summed E-state index contributed by atoms with van der Waals surface area (Å²) in [6.45, 7) is 5.07. The topological polar surface area (TPSA) is 67.8 Å². The lowest BCUT2D eigenvalue weighted by Crippen LogP contribution is -2.20. The van der Waals surface area contributed by atoms with Crippen LogP contribution in [-0.4, -0.2) is 28.3 Å². The molecule has 0 aromatic rings. The summed E-state index contributed by atoms with van der Waals surface area (Å²) in [7, 11) is 0. The van der Waals surface area contributed by atoms with Crippen LogP contribution < -0.4 is 5.32 Å². The lowest BCUT2D eigenvalue weighted by atomic mass is 10.2. The van der Waals surface area contributed by atoms with Crippen molar-refractivity contribution in [2.75, 3.05) is 6.61 Å². The minimum atomic E-state index is -1.31. The number of carbonyl (C=O) groups is 1. The molecule has 0 aliphatic carbocycles.